The number of nitrogens with zero attached hydrogens (tertiary/aromatic N) is 1. The van der Waals surface area contributed by atoms with Crippen molar-refractivity contribution in [2.45, 2.75) is 38.1 Å². The Labute approximate surface area is 114 Å². The van der Waals surface area contributed by atoms with Crippen LogP contribution in [-0.2, 0) is 9.59 Å². The highest BCUT2D eigenvalue weighted by atomic mass is 16.2. The fourth-order valence-electron chi connectivity index (χ4n) is 2.76. The van der Waals surface area contributed by atoms with Crippen molar-refractivity contribution in [1.82, 2.24) is 15.5 Å². The van der Waals surface area contributed by atoms with Gasteiger partial charge in [-0.3, -0.25) is 9.59 Å². The van der Waals surface area contributed by atoms with E-state index in [0.717, 1.165) is 19.4 Å². The maximum Gasteiger partial charge on any atom is 0.243 e. The predicted octanol–water partition coefficient (Wildman–Crippen LogP) is 0.423. The predicted molar refractivity (Wildman–Crippen MR) is 73.6 cm³/mol. The fraction of sp³-hybridized carbons (Fsp3) is 0.714. The zero-order valence-corrected chi connectivity index (χ0v) is 11.6. The van der Waals surface area contributed by atoms with E-state index in [4.69, 9.17) is 0 Å². The third kappa shape index (κ3) is 3.56. The first-order valence-corrected chi connectivity index (χ1v) is 7.12. The second-order valence-corrected chi connectivity index (χ2v) is 5.21. The van der Waals surface area contributed by atoms with Crippen molar-refractivity contribution in [3.8, 4) is 0 Å². The quantitative estimate of drug-likeness (QED) is 0.727. The number of hydrogen-bond donors (Lipinski definition) is 2. The molecule has 1 atom stereocenters. The summed E-state index contributed by atoms with van der Waals surface area (Å²) in [7, 11) is 1.61. The summed E-state index contributed by atoms with van der Waals surface area (Å²) in [5.41, 5.74) is 1.24. The van der Waals surface area contributed by atoms with E-state index in [-0.39, 0.29) is 17.9 Å². The maximum atomic E-state index is 12.4. The molecule has 5 nitrogen and oxygen atoms in total. The zero-order chi connectivity index (χ0) is 13.7. The Hall–Kier alpha value is -1.36. The Kier molecular flexibility index (Phi) is 4.96. The van der Waals surface area contributed by atoms with Crippen LogP contribution in [0.1, 0.15) is 32.1 Å². The molecular weight excluding hydrogens is 242 g/mol. The van der Waals surface area contributed by atoms with Crippen LogP contribution in [-0.4, -0.2) is 49.4 Å². The third-order valence-electron chi connectivity index (χ3n) is 3.88. The largest absolute Gasteiger partial charge is 0.357 e. The average Bonchev–Trinajstić information content (AvgIpc) is 2.47. The summed E-state index contributed by atoms with van der Waals surface area (Å²) in [5, 5.41) is 5.80. The molecule has 0 aromatic rings. The lowest BCUT2D eigenvalue weighted by Gasteiger charge is -2.35. The molecule has 1 saturated heterocycles. The van der Waals surface area contributed by atoms with Crippen molar-refractivity contribution >= 4 is 11.8 Å². The second-order valence-electron chi connectivity index (χ2n) is 5.21. The van der Waals surface area contributed by atoms with E-state index >= 15 is 0 Å². The summed E-state index contributed by atoms with van der Waals surface area (Å²) >= 11 is 0. The van der Waals surface area contributed by atoms with Gasteiger partial charge in [-0.05, 0) is 25.7 Å². The van der Waals surface area contributed by atoms with Gasteiger partial charge >= 0.3 is 0 Å². The summed E-state index contributed by atoms with van der Waals surface area (Å²) in [6.07, 6.45) is 7.20. The molecule has 2 rings (SSSR count). The van der Waals surface area contributed by atoms with Crippen molar-refractivity contribution in [3.05, 3.63) is 11.6 Å². The van der Waals surface area contributed by atoms with Crippen LogP contribution in [0.3, 0.4) is 0 Å². The Morgan fingerprint density at radius 1 is 1.47 bits per heavy atom. The van der Waals surface area contributed by atoms with E-state index in [2.05, 4.69) is 16.7 Å². The number of piperazine rings is 1. The molecule has 0 aromatic carbocycles. The lowest BCUT2D eigenvalue weighted by atomic mass is 9.96. The number of amides is 2. The highest BCUT2D eigenvalue weighted by molar-refractivity contribution is 5.88. The number of likely N-dealkylation sites (N-methyl/N-ethyl adjacent to an activating group) is 1. The van der Waals surface area contributed by atoms with Crippen molar-refractivity contribution in [3.63, 3.8) is 0 Å². The van der Waals surface area contributed by atoms with E-state index < -0.39 is 0 Å². The minimum absolute atomic E-state index is 0.0850. The first-order chi connectivity index (χ1) is 9.22. The Balaban J connectivity index is 1.98. The molecule has 1 aliphatic carbocycles. The Morgan fingerprint density at radius 2 is 2.32 bits per heavy atom. The average molecular weight is 265 g/mol. The Morgan fingerprint density at radius 3 is 3.00 bits per heavy atom. The van der Waals surface area contributed by atoms with Gasteiger partial charge in [0.05, 0.1) is 0 Å². The van der Waals surface area contributed by atoms with Crippen LogP contribution in [0.25, 0.3) is 0 Å². The van der Waals surface area contributed by atoms with Gasteiger partial charge in [-0.15, -0.1) is 0 Å². The molecule has 0 aromatic heterocycles. The van der Waals surface area contributed by atoms with Gasteiger partial charge in [0.25, 0.3) is 0 Å². The SMILES string of the molecule is CNC(=O)C1CNCCN1C(=O)CC1=CCCCC1. The van der Waals surface area contributed by atoms with Crippen LogP contribution in [0.5, 0.6) is 0 Å². The summed E-state index contributed by atoms with van der Waals surface area (Å²) in [6.45, 7) is 1.92. The number of carbonyl (C=O) groups is 2. The second kappa shape index (κ2) is 6.70. The van der Waals surface area contributed by atoms with Crippen LogP contribution in [0.2, 0.25) is 0 Å². The van der Waals surface area contributed by atoms with E-state index in [1.165, 1.54) is 18.4 Å². The van der Waals surface area contributed by atoms with E-state index in [1.54, 1.807) is 11.9 Å². The van der Waals surface area contributed by atoms with Gasteiger partial charge in [-0.1, -0.05) is 11.6 Å². The molecule has 1 aliphatic heterocycles. The number of carbonyl (C=O) groups excluding carboxylic acids is 2. The molecule has 1 unspecified atom stereocenters. The molecule has 0 saturated carbocycles. The first kappa shape index (κ1) is 14.1. The van der Waals surface area contributed by atoms with Gasteiger partial charge in [0, 0.05) is 33.1 Å². The highest BCUT2D eigenvalue weighted by Crippen LogP contribution is 2.21. The number of allylic oxidation sites excluding steroid dienone is 1. The summed E-state index contributed by atoms with van der Waals surface area (Å²) in [6, 6.07) is -0.365. The molecule has 2 N–H and O–H groups in total. The molecule has 106 valence electrons. The van der Waals surface area contributed by atoms with E-state index in [0.29, 0.717) is 19.5 Å². The molecule has 1 fully saturated rings. The molecule has 0 spiro atoms. The molecule has 1 heterocycles. The topological polar surface area (TPSA) is 61.4 Å². The van der Waals surface area contributed by atoms with Crippen LogP contribution in [0.15, 0.2) is 11.6 Å². The molecule has 2 amide bonds. The molecule has 19 heavy (non-hydrogen) atoms. The van der Waals surface area contributed by atoms with Crippen LogP contribution < -0.4 is 10.6 Å². The number of nitrogens with one attached hydrogen (secondary N) is 2. The van der Waals surface area contributed by atoms with Crippen molar-refractivity contribution < 1.29 is 9.59 Å². The smallest absolute Gasteiger partial charge is 0.243 e. The minimum atomic E-state index is -0.365. The summed E-state index contributed by atoms with van der Waals surface area (Å²) in [4.78, 5) is 25.9. The highest BCUT2D eigenvalue weighted by Gasteiger charge is 2.31. The van der Waals surface area contributed by atoms with Gasteiger partial charge < -0.3 is 15.5 Å². The molecule has 2 aliphatic rings. The number of hydrogen-bond acceptors (Lipinski definition) is 3. The lowest BCUT2D eigenvalue weighted by molar-refractivity contribution is -0.140. The zero-order valence-electron chi connectivity index (χ0n) is 11.6. The molecule has 0 radical (unpaired) electrons. The van der Waals surface area contributed by atoms with Gasteiger partial charge in [0.1, 0.15) is 6.04 Å². The monoisotopic (exact) mass is 265 g/mol. The molecule has 0 bridgehead atoms. The van der Waals surface area contributed by atoms with Crippen molar-refractivity contribution in [1.29, 1.82) is 0 Å². The van der Waals surface area contributed by atoms with Gasteiger partial charge in [-0.25, -0.2) is 0 Å². The minimum Gasteiger partial charge on any atom is -0.357 e. The van der Waals surface area contributed by atoms with Crippen LogP contribution >= 0.6 is 0 Å². The van der Waals surface area contributed by atoms with E-state index in [1.807, 2.05) is 0 Å². The van der Waals surface area contributed by atoms with Gasteiger partial charge in [0.15, 0.2) is 0 Å². The van der Waals surface area contributed by atoms with Crippen molar-refractivity contribution in [2.75, 3.05) is 26.7 Å². The van der Waals surface area contributed by atoms with Crippen LogP contribution in [0, 0.1) is 0 Å². The van der Waals surface area contributed by atoms with Crippen molar-refractivity contribution in [2.24, 2.45) is 0 Å². The van der Waals surface area contributed by atoms with Gasteiger partial charge in [0.2, 0.25) is 11.8 Å². The van der Waals surface area contributed by atoms with E-state index in [9.17, 15) is 9.59 Å². The van der Waals surface area contributed by atoms with Gasteiger partial charge in [-0.2, -0.15) is 0 Å². The molecule has 5 heteroatoms. The first-order valence-electron chi connectivity index (χ1n) is 7.12. The summed E-state index contributed by atoms with van der Waals surface area (Å²) in [5.74, 6) is 0.00132. The summed E-state index contributed by atoms with van der Waals surface area (Å²) < 4.78 is 0. The normalized spacial score (nSPS) is 23.7. The Bertz CT molecular complexity index is 379. The molecular formula is C14H23N3O2. The third-order valence-corrected chi connectivity index (χ3v) is 3.88. The fourth-order valence-corrected chi connectivity index (χ4v) is 2.76. The standard InChI is InChI=1S/C14H23N3O2/c1-15-14(19)12-10-16-7-8-17(12)13(18)9-11-5-3-2-4-6-11/h5,12,16H,2-4,6-10H2,1H3,(H,15,19). The lowest BCUT2D eigenvalue weighted by Crippen LogP contribution is -2.59. The van der Waals surface area contributed by atoms with Crippen LogP contribution in [0.4, 0.5) is 0 Å². The number of rotatable bonds is 3. The maximum absolute atomic E-state index is 12.4.